The Morgan fingerprint density at radius 3 is 2.87 bits per heavy atom. The molecule has 0 unspecified atom stereocenters. The highest BCUT2D eigenvalue weighted by Gasteiger charge is 2.10. The molecule has 1 aromatic heterocycles. The third-order valence-electron chi connectivity index (χ3n) is 2.03. The van der Waals surface area contributed by atoms with Gasteiger partial charge in [0.2, 0.25) is 0 Å². The molecule has 0 aliphatic carbocycles. The van der Waals surface area contributed by atoms with Gasteiger partial charge in [0.15, 0.2) is 5.78 Å². The molecule has 0 amide bonds. The predicted octanol–water partition coefficient (Wildman–Crippen LogP) is 1.15. The molecule has 0 aliphatic heterocycles. The number of nitrogen functional groups attached to an aromatic ring is 1. The van der Waals surface area contributed by atoms with Crippen molar-refractivity contribution < 1.29 is 4.79 Å². The van der Waals surface area contributed by atoms with Gasteiger partial charge in [-0.3, -0.25) is 4.79 Å². The summed E-state index contributed by atoms with van der Waals surface area (Å²) in [6, 6.07) is 2.06. The highest BCUT2D eigenvalue weighted by Crippen LogP contribution is 2.10. The van der Waals surface area contributed by atoms with E-state index >= 15 is 0 Å². The highest BCUT2D eigenvalue weighted by molar-refractivity contribution is 6.01. The van der Waals surface area contributed by atoms with E-state index in [0.29, 0.717) is 17.9 Å². The first-order chi connectivity index (χ1) is 7.00. The van der Waals surface area contributed by atoms with Crippen molar-refractivity contribution in [3.8, 4) is 0 Å². The van der Waals surface area contributed by atoms with E-state index in [2.05, 4.69) is 10.3 Å². The molecule has 0 spiro atoms. The maximum absolute atomic E-state index is 11.7. The Kier molecular flexibility index (Phi) is 3.80. The van der Waals surface area contributed by atoms with E-state index in [1.54, 1.807) is 12.3 Å². The first kappa shape index (κ1) is 11.7. The third kappa shape index (κ3) is 3.32. The lowest BCUT2D eigenvalue weighted by Crippen LogP contribution is -2.29. The van der Waals surface area contributed by atoms with Crippen LogP contribution in [0, 0.1) is 6.92 Å². The topological polar surface area (TPSA) is 68.0 Å². The average Bonchev–Trinajstić information content (AvgIpc) is 2.18. The monoisotopic (exact) mass is 207 g/mol. The van der Waals surface area contributed by atoms with E-state index in [-0.39, 0.29) is 11.8 Å². The van der Waals surface area contributed by atoms with Crippen LogP contribution >= 0.6 is 0 Å². The first-order valence-corrected chi connectivity index (χ1v) is 4.99. The molecule has 1 rings (SSSR count). The zero-order valence-corrected chi connectivity index (χ0v) is 9.37. The molecule has 0 saturated carbocycles. The summed E-state index contributed by atoms with van der Waals surface area (Å²) in [4.78, 5) is 15.7. The van der Waals surface area contributed by atoms with Crippen LogP contribution in [-0.4, -0.2) is 23.4 Å². The van der Waals surface area contributed by atoms with Gasteiger partial charge in [-0.25, -0.2) is 4.98 Å². The second-order valence-electron chi connectivity index (χ2n) is 3.90. The Hall–Kier alpha value is -1.42. The van der Waals surface area contributed by atoms with Gasteiger partial charge in [0.25, 0.3) is 0 Å². The fourth-order valence-corrected chi connectivity index (χ4v) is 1.20. The maximum atomic E-state index is 11.7. The van der Waals surface area contributed by atoms with Crippen LogP contribution in [0.3, 0.4) is 0 Å². The van der Waals surface area contributed by atoms with Crippen molar-refractivity contribution in [3.05, 3.63) is 23.4 Å². The van der Waals surface area contributed by atoms with Gasteiger partial charge < -0.3 is 11.1 Å². The number of hydrogen-bond donors (Lipinski definition) is 2. The van der Waals surface area contributed by atoms with Crippen LogP contribution in [-0.2, 0) is 0 Å². The SMILES string of the molecule is Cc1cnc(N)c(C(=O)CNC(C)C)c1. The molecule has 0 saturated heterocycles. The van der Waals surface area contributed by atoms with Gasteiger partial charge in [-0.2, -0.15) is 0 Å². The molecule has 3 N–H and O–H groups in total. The number of nitrogens with one attached hydrogen (secondary N) is 1. The molecular formula is C11H17N3O. The second kappa shape index (κ2) is 4.89. The van der Waals surface area contributed by atoms with Crippen LogP contribution < -0.4 is 11.1 Å². The zero-order chi connectivity index (χ0) is 11.4. The standard InChI is InChI=1S/C11H17N3O/c1-7(2)13-6-10(15)9-4-8(3)5-14-11(9)12/h4-5,7,13H,6H2,1-3H3,(H2,12,14). The Balaban J connectivity index is 2.77. The first-order valence-electron chi connectivity index (χ1n) is 4.99. The van der Waals surface area contributed by atoms with Crippen molar-refractivity contribution in [2.75, 3.05) is 12.3 Å². The van der Waals surface area contributed by atoms with E-state index in [1.807, 2.05) is 20.8 Å². The van der Waals surface area contributed by atoms with Gasteiger partial charge in [0, 0.05) is 12.2 Å². The average molecular weight is 207 g/mol. The van der Waals surface area contributed by atoms with Gasteiger partial charge in [-0.15, -0.1) is 0 Å². The lowest BCUT2D eigenvalue weighted by Gasteiger charge is -2.08. The third-order valence-corrected chi connectivity index (χ3v) is 2.03. The molecule has 0 fully saturated rings. The number of aryl methyl sites for hydroxylation is 1. The molecule has 0 aliphatic rings. The van der Waals surface area contributed by atoms with Crippen LogP contribution in [0.4, 0.5) is 5.82 Å². The summed E-state index contributed by atoms with van der Waals surface area (Å²) in [7, 11) is 0. The molecule has 0 bridgehead atoms. The summed E-state index contributed by atoms with van der Waals surface area (Å²) >= 11 is 0. The summed E-state index contributed by atoms with van der Waals surface area (Å²) in [6.45, 7) is 6.17. The zero-order valence-electron chi connectivity index (χ0n) is 9.37. The van der Waals surface area contributed by atoms with Crippen molar-refractivity contribution in [1.29, 1.82) is 0 Å². The number of anilines is 1. The quantitative estimate of drug-likeness (QED) is 0.727. The van der Waals surface area contributed by atoms with E-state index in [1.165, 1.54) is 0 Å². The lowest BCUT2D eigenvalue weighted by molar-refractivity contribution is 0.0989. The van der Waals surface area contributed by atoms with Crippen LogP contribution in [0.2, 0.25) is 0 Å². The molecule has 15 heavy (non-hydrogen) atoms. The number of rotatable bonds is 4. The molecule has 0 atom stereocenters. The van der Waals surface area contributed by atoms with Gasteiger partial charge >= 0.3 is 0 Å². The summed E-state index contributed by atoms with van der Waals surface area (Å²) < 4.78 is 0. The number of carbonyl (C=O) groups excluding carboxylic acids is 1. The van der Waals surface area contributed by atoms with E-state index in [4.69, 9.17) is 5.73 Å². The highest BCUT2D eigenvalue weighted by atomic mass is 16.1. The summed E-state index contributed by atoms with van der Waals surface area (Å²) in [6.07, 6.45) is 1.65. The Morgan fingerprint density at radius 1 is 1.60 bits per heavy atom. The van der Waals surface area contributed by atoms with Crippen molar-refractivity contribution in [2.45, 2.75) is 26.8 Å². The fraction of sp³-hybridized carbons (Fsp3) is 0.455. The van der Waals surface area contributed by atoms with Crippen LogP contribution in [0.5, 0.6) is 0 Å². The van der Waals surface area contributed by atoms with Crippen LogP contribution in [0.15, 0.2) is 12.3 Å². The molecule has 4 nitrogen and oxygen atoms in total. The normalized spacial score (nSPS) is 10.7. The number of nitrogens with zero attached hydrogens (tertiary/aromatic N) is 1. The minimum atomic E-state index is -0.0163. The van der Waals surface area contributed by atoms with Gasteiger partial charge in [0.05, 0.1) is 12.1 Å². The molecule has 4 heteroatoms. The molecule has 0 radical (unpaired) electrons. The Morgan fingerprint density at radius 2 is 2.27 bits per heavy atom. The largest absolute Gasteiger partial charge is 0.383 e. The van der Waals surface area contributed by atoms with E-state index in [0.717, 1.165) is 5.56 Å². The Labute approximate surface area is 89.9 Å². The van der Waals surface area contributed by atoms with Crippen molar-refractivity contribution in [1.82, 2.24) is 10.3 Å². The van der Waals surface area contributed by atoms with Gasteiger partial charge in [-0.1, -0.05) is 13.8 Å². The summed E-state index contributed by atoms with van der Waals surface area (Å²) in [5.74, 6) is 0.286. The predicted molar refractivity (Wildman–Crippen MR) is 60.9 cm³/mol. The second-order valence-corrected chi connectivity index (χ2v) is 3.90. The smallest absolute Gasteiger partial charge is 0.180 e. The summed E-state index contributed by atoms with van der Waals surface area (Å²) in [5, 5.41) is 3.06. The number of Topliss-reactive ketones (excluding diaryl/α,β-unsaturated/α-hetero) is 1. The summed E-state index contributed by atoms with van der Waals surface area (Å²) in [5.41, 5.74) is 7.08. The van der Waals surface area contributed by atoms with Crippen LogP contribution in [0.25, 0.3) is 0 Å². The van der Waals surface area contributed by atoms with Gasteiger partial charge in [0.1, 0.15) is 5.82 Å². The number of carbonyl (C=O) groups is 1. The van der Waals surface area contributed by atoms with Gasteiger partial charge in [-0.05, 0) is 18.6 Å². The minimum Gasteiger partial charge on any atom is -0.383 e. The number of hydrogen-bond acceptors (Lipinski definition) is 4. The number of aromatic nitrogens is 1. The molecule has 1 heterocycles. The van der Waals surface area contributed by atoms with Crippen molar-refractivity contribution >= 4 is 11.6 Å². The molecule has 1 aromatic rings. The molecule has 0 aromatic carbocycles. The number of nitrogens with two attached hydrogens (primary N) is 1. The molecular weight excluding hydrogens is 190 g/mol. The van der Waals surface area contributed by atoms with E-state index in [9.17, 15) is 4.79 Å². The Bertz CT molecular complexity index is 361. The van der Waals surface area contributed by atoms with Crippen molar-refractivity contribution in [3.63, 3.8) is 0 Å². The minimum absolute atomic E-state index is 0.0163. The lowest BCUT2D eigenvalue weighted by atomic mass is 10.1. The maximum Gasteiger partial charge on any atom is 0.180 e. The van der Waals surface area contributed by atoms with Crippen LogP contribution in [0.1, 0.15) is 29.8 Å². The molecule has 82 valence electrons. The van der Waals surface area contributed by atoms with Crippen molar-refractivity contribution in [2.24, 2.45) is 0 Å². The number of ketones is 1. The number of pyridine rings is 1. The fourth-order valence-electron chi connectivity index (χ4n) is 1.20. The van der Waals surface area contributed by atoms with E-state index < -0.39 is 0 Å².